The molecule has 0 aliphatic heterocycles. The second kappa shape index (κ2) is 13.5. The lowest BCUT2D eigenvalue weighted by molar-refractivity contribution is 0.114. The molecule has 0 bridgehead atoms. The summed E-state index contributed by atoms with van der Waals surface area (Å²) in [5, 5.41) is 17.7. The van der Waals surface area contributed by atoms with E-state index in [0.29, 0.717) is 12.6 Å². The summed E-state index contributed by atoms with van der Waals surface area (Å²) in [6, 6.07) is 8.31. The Hall–Kier alpha value is -0.670. The highest BCUT2D eigenvalue weighted by Crippen LogP contribution is 2.29. The van der Waals surface area contributed by atoms with Crippen LogP contribution in [0.4, 0.5) is 0 Å². The third-order valence-corrected chi connectivity index (χ3v) is 5.60. The lowest BCUT2D eigenvalue weighted by atomic mass is 10.2. The van der Waals surface area contributed by atoms with Crippen molar-refractivity contribution in [3.8, 4) is 5.75 Å². The van der Waals surface area contributed by atoms with Crippen molar-refractivity contribution in [1.29, 1.82) is 0 Å². The number of hydrogen-bond acceptors (Lipinski definition) is 4. The molecule has 3 N–H and O–H groups in total. The van der Waals surface area contributed by atoms with Crippen LogP contribution in [-0.4, -0.2) is 53.9 Å². The molecular formula is C20H34IN3O2S. The van der Waals surface area contributed by atoms with E-state index in [1.54, 1.807) is 0 Å². The quantitative estimate of drug-likeness (QED) is 0.271. The van der Waals surface area contributed by atoms with Gasteiger partial charge in [-0.3, -0.25) is 4.99 Å². The Morgan fingerprint density at radius 1 is 1.37 bits per heavy atom. The molecule has 1 aromatic rings. The molecule has 1 fully saturated rings. The first-order valence-corrected chi connectivity index (χ1v) is 10.7. The number of rotatable bonds is 9. The van der Waals surface area contributed by atoms with E-state index in [1.165, 1.54) is 25.0 Å². The van der Waals surface area contributed by atoms with Crippen molar-refractivity contribution in [1.82, 2.24) is 10.6 Å². The van der Waals surface area contributed by atoms with Crippen LogP contribution >= 0.6 is 35.7 Å². The fourth-order valence-corrected chi connectivity index (χ4v) is 4.26. The molecule has 0 spiro atoms. The normalized spacial score (nSPS) is 20.7. The maximum atomic E-state index is 10.2. The van der Waals surface area contributed by atoms with Crippen LogP contribution in [0, 0.1) is 6.92 Å². The second-order valence-electron chi connectivity index (χ2n) is 6.73. The van der Waals surface area contributed by atoms with E-state index in [-0.39, 0.29) is 30.6 Å². The minimum Gasteiger partial charge on any atom is -0.491 e. The molecule has 1 saturated carbocycles. The Morgan fingerprint density at radius 3 is 2.89 bits per heavy atom. The number of thioether (sulfide) groups is 1. The van der Waals surface area contributed by atoms with Gasteiger partial charge in [-0.1, -0.05) is 19.1 Å². The topological polar surface area (TPSA) is 65.9 Å². The first-order valence-electron chi connectivity index (χ1n) is 9.64. The van der Waals surface area contributed by atoms with Gasteiger partial charge in [-0.15, -0.1) is 24.0 Å². The number of guanidine groups is 1. The molecule has 27 heavy (non-hydrogen) atoms. The maximum Gasteiger partial charge on any atom is 0.191 e. The summed E-state index contributed by atoms with van der Waals surface area (Å²) in [5.41, 5.74) is 1.14. The second-order valence-corrected chi connectivity index (χ2v) is 8.31. The molecule has 0 aromatic heterocycles. The summed E-state index contributed by atoms with van der Waals surface area (Å²) in [7, 11) is 0. The molecule has 0 amide bonds. The van der Waals surface area contributed by atoms with Crippen LogP contribution in [0.25, 0.3) is 0 Å². The van der Waals surface area contributed by atoms with Gasteiger partial charge < -0.3 is 20.5 Å². The molecule has 5 nitrogen and oxygen atoms in total. The number of benzene rings is 1. The predicted octanol–water partition coefficient (Wildman–Crippen LogP) is 3.58. The van der Waals surface area contributed by atoms with Crippen LogP contribution in [0.1, 0.15) is 38.7 Å². The number of nitrogens with one attached hydrogen (secondary N) is 2. The molecule has 1 aliphatic rings. The van der Waals surface area contributed by atoms with Gasteiger partial charge in [0.1, 0.15) is 18.5 Å². The SMILES string of the molecule is CCNC(=NCC(O)COc1cccc(C)c1)NC1CCC(SCC)C1.I. The van der Waals surface area contributed by atoms with E-state index in [1.807, 2.05) is 43.0 Å². The van der Waals surface area contributed by atoms with Gasteiger partial charge in [0.25, 0.3) is 0 Å². The standard InChI is InChI=1S/C20H33N3O2S.HI/c1-4-21-20(23-16-9-10-19(12-16)26-5-2)22-13-17(24)14-25-18-8-6-7-15(3)11-18;/h6-8,11,16-17,19,24H,4-5,9-10,12-14H2,1-3H3,(H2,21,22,23);1H. The van der Waals surface area contributed by atoms with Crippen molar-refractivity contribution >= 4 is 41.7 Å². The van der Waals surface area contributed by atoms with Gasteiger partial charge in [-0.05, 0) is 56.6 Å². The van der Waals surface area contributed by atoms with E-state index in [4.69, 9.17) is 4.74 Å². The van der Waals surface area contributed by atoms with E-state index >= 15 is 0 Å². The molecular weight excluding hydrogens is 473 g/mol. The number of aliphatic imine (C=N–C) groups is 1. The average molecular weight is 507 g/mol. The third-order valence-electron chi connectivity index (χ3n) is 4.36. The molecule has 0 saturated heterocycles. The van der Waals surface area contributed by atoms with Gasteiger partial charge in [0, 0.05) is 17.8 Å². The molecule has 2 rings (SSSR count). The number of ether oxygens (including phenoxy) is 1. The number of halogens is 1. The van der Waals surface area contributed by atoms with Crippen molar-refractivity contribution < 1.29 is 9.84 Å². The fourth-order valence-electron chi connectivity index (χ4n) is 3.12. The largest absolute Gasteiger partial charge is 0.491 e. The Kier molecular flexibility index (Phi) is 12.2. The lowest BCUT2D eigenvalue weighted by Crippen LogP contribution is -2.43. The first kappa shape index (κ1) is 24.4. The highest BCUT2D eigenvalue weighted by molar-refractivity contribution is 14.0. The maximum absolute atomic E-state index is 10.2. The minimum absolute atomic E-state index is 0. The summed E-state index contributed by atoms with van der Waals surface area (Å²) in [5.74, 6) is 2.75. The smallest absolute Gasteiger partial charge is 0.191 e. The van der Waals surface area contributed by atoms with E-state index in [2.05, 4.69) is 29.5 Å². The van der Waals surface area contributed by atoms with Crippen LogP contribution in [0.3, 0.4) is 0 Å². The van der Waals surface area contributed by atoms with Gasteiger partial charge in [0.05, 0.1) is 6.54 Å². The highest BCUT2D eigenvalue weighted by atomic mass is 127. The number of aryl methyl sites for hydroxylation is 1. The van der Waals surface area contributed by atoms with Gasteiger partial charge in [0.2, 0.25) is 0 Å². The number of aliphatic hydroxyl groups is 1. The van der Waals surface area contributed by atoms with Crippen LogP contribution in [0.15, 0.2) is 29.3 Å². The Balaban J connectivity index is 0.00000364. The summed E-state index contributed by atoms with van der Waals surface area (Å²) in [6.07, 6.45) is 3.00. The zero-order valence-electron chi connectivity index (χ0n) is 16.6. The molecule has 3 unspecified atom stereocenters. The van der Waals surface area contributed by atoms with Crippen LogP contribution < -0.4 is 15.4 Å². The summed E-state index contributed by atoms with van der Waals surface area (Å²) in [6.45, 7) is 7.66. The van der Waals surface area contributed by atoms with Crippen LogP contribution in [-0.2, 0) is 0 Å². The Labute approximate surface area is 185 Å². The highest BCUT2D eigenvalue weighted by Gasteiger charge is 2.25. The van der Waals surface area contributed by atoms with Gasteiger partial charge in [-0.25, -0.2) is 0 Å². The summed E-state index contributed by atoms with van der Waals surface area (Å²) in [4.78, 5) is 4.54. The predicted molar refractivity (Wildman–Crippen MR) is 127 cm³/mol. The zero-order valence-corrected chi connectivity index (χ0v) is 19.8. The van der Waals surface area contributed by atoms with Crippen LogP contribution in [0.2, 0.25) is 0 Å². The summed E-state index contributed by atoms with van der Waals surface area (Å²) >= 11 is 2.05. The molecule has 0 radical (unpaired) electrons. The minimum atomic E-state index is -0.627. The zero-order chi connectivity index (χ0) is 18.8. The third kappa shape index (κ3) is 9.38. The summed E-state index contributed by atoms with van der Waals surface area (Å²) < 4.78 is 5.65. The number of aliphatic hydroxyl groups excluding tert-OH is 1. The van der Waals surface area contributed by atoms with Gasteiger partial charge in [-0.2, -0.15) is 11.8 Å². The van der Waals surface area contributed by atoms with Gasteiger partial charge in [0.15, 0.2) is 5.96 Å². The van der Waals surface area contributed by atoms with Crippen molar-refractivity contribution in [3.63, 3.8) is 0 Å². The molecule has 0 heterocycles. The Morgan fingerprint density at radius 2 is 2.19 bits per heavy atom. The first-order chi connectivity index (χ1) is 12.6. The molecule has 154 valence electrons. The molecule has 7 heteroatoms. The average Bonchev–Trinajstić information content (AvgIpc) is 3.05. The van der Waals surface area contributed by atoms with Gasteiger partial charge >= 0.3 is 0 Å². The van der Waals surface area contributed by atoms with E-state index in [0.717, 1.165) is 29.1 Å². The fraction of sp³-hybridized carbons (Fsp3) is 0.650. The Bertz CT molecular complexity index is 574. The van der Waals surface area contributed by atoms with Crippen LogP contribution in [0.5, 0.6) is 5.75 Å². The monoisotopic (exact) mass is 507 g/mol. The lowest BCUT2D eigenvalue weighted by Gasteiger charge is -2.18. The van der Waals surface area contributed by atoms with E-state index < -0.39 is 6.10 Å². The van der Waals surface area contributed by atoms with Crippen molar-refractivity contribution in [3.05, 3.63) is 29.8 Å². The van der Waals surface area contributed by atoms with Crippen molar-refractivity contribution in [2.45, 2.75) is 57.4 Å². The molecule has 1 aromatic carbocycles. The number of nitrogens with zero attached hydrogens (tertiary/aromatic N) is 1. The van der Waals surface area contributed by atoms with Crippen molar-refractivity contribution in [2.75, 3.05) is 25.4 Å². The molecule has 3 atom stereocenters. The number of hydrogen-bond donors (Lipinski definition) is 3. The van der Waals surface area contributed by atoms with Crippen molar-refractivity contribution in [2.24, 2.45) is 4.99 Å². The van der Waals surface area contributed by atoms with E-state index in [9.17, 15) is 5.11 Å². The molecule has 1 aliphatic carbocycles.